The van der Waals surface area contributed by atoms with Crippen LogP contribution in [0.5, 0.6) is 0 Å². The van der Waals surface area contributed by atoms with Crippen LogP contribution in [-0.2, 0) is 22.3 Å². The lowest BCUT2D eigenvalue weighted by atomic mass is 10.2. The Bertz CT molecular complexity index is 762. The van der Waals surface area contributed by atoms with E-state index >= 15 is 0 Å². The Morgan fingerprint density at radius 2 is 1.90 bits per heavy atom. The Morgan fingerprint density at radius 1 is 1.19 bits per heavy atom. The van der Waals surface area contributed by atoms with E-state index in [0.29, 0.717) is 16.8 Å². The molecule has 0 amide bonds. The van der Waals surface area contributed by atoms with Gasteiger partial charge in [0.05, 0.1) is 29.6 Å². The zero-order chi connectivity index (χ0) is 15.3. The van der Waals surface area contributed by atoms with E-state index in [9.17, 15) is 8.42 Å². The maximum atomic E-state index is 12.0. The number of sulfonamides is 1. The molecule has 0 radical (unpaired) electrons. The van der Waals surface area contributed by atoms with Gasteiger partial charge in [0.2, 0.25) is 10.0 Å². The number of hydrogen-bond donors (Lipinski definition) is 1. The standard InChI is InChI=1S/C15H15N3O2S/c1-12-3-2-4-15(18-12)10-17-21(19,20)11-14-7-5-13(9-16)6-8-14/h2-8,17H,10-11H2,1H3. The molecule has 21 heavy (non-hydrogen) atoms. The van der Waals surface area contributed by atoms with Gasteiger partial charge < -0.3 is 0 Å². The van der Waals surface area contributed by atoms with E-state index in [2.05, 4.69) is 9.71 Å². The van der Waals surface area contributed by atoms with Gasteiger partial charge in [-0.3, -0.25) is 4.98 Å². The Labute approximate surface area is 124 Å². The summed E-state index contributed by atoms with van der Waals surface area (Å²) >= 11 is 0. The van der Waals surface area contributed by atoms with Crippen molar-refractivity contribution in [3.63, 3.8) is 0 Å². The molecule has 1 aromatic heterocycles. The van der Waals surface area contributed by atoms with Gasteiger partial charge in [0.1, 0.15) is 0 Å². The molecule has 0 fully saturated rings. The molecule has 0 aliphatic heterocycles. The van der Waals surface area contributed by atoms with E-state index in [1.807, 2.05) is 25.1 Å². The van der Waals surface area contributed by atoms with Crippen molar-refractivity contribution in [1.29, 1.82) is 5.26 Å². The van der Waals surface area contributed by atoms with Crippen molar-refractivity contribution < 1.29 is 8.42 Å². The molecule has 0 aliphatic carbocycles. The summed E-state index contributed by atoms with van der Waals surface area (Å²) in [6.07, 6.45) is 0. The van der Waals surface area contributed by atoms with Crippen LogP contribution in [0.3, 0.4) is 0 Å². The lowest BCUT2D eigenvalue weighted by Gasteiger charge is -2.07. The number of aryl methyl sites for hydroxylation is 1. The van der Waals surface area contributed by atoms with Crippen LogP contribution in [0.15, 0.2) is 42.5 Å². The van der Waals surface area contributed by atoms with Gasteiger partial charge >= 0.3 is 0 Å². The second-order valence-corrected chi connectivity index (χ2v) is 6.47. The molecule has 108 valence electrons. The minimum Gasteiger partial charge on any atom is -0.257 e. The monoisotopic (exact) mass is 301 g/mol. The van der Waals surface area contributed by atoms with Crippen LogP contribution < -0.4 is 4.72 Å². The molecule has 0 atom stereocenters. The summed E-state index contributed by atoms with van der Waals surface area (Å²) < 4.78 is 26.5. The zero-order valence-corrected chi connectivity index (χ0v) is 12.4. The third-order valence-corrected chi connectivity index (χ3v) is 4.16. The predicted octanol–water partition coefficient (Wildman–Crippen LogP) is 1.88. The summed E-state index contributed by atoms with van der Waals surface area (Å²) in [5.74, 6) is -0.121. The first-order chi connectivity index (χ1) is 9.98. The van der Waals surface area contributed by atoms with Gasteiger partial charge in [-0.2, -0.15) is 5.26 Å². The summed E-state index contributed by atoms with van der Waals surface area (Å²) in [6, 6.07) is 14.0. The van der Waals surface area contributed by atoms with Gasteiger partial charge in [-0.1, -0.05) is 18.2 Å². The smallest absolute Gasteiger partial charge is 0.216 e. The molecular formula is C15H15N3O2S. The average molecular weight is 301 g/mol. The van der Waals surface area contributed by atoms with E-state index < -0.39 is 10.0 Å². The van der Waals surface area contributed by atoms with Gasteiger partial charge in [-0.25, -0.2) is 13.1 Å². The molecule has 6 heteroatoms. The van der Waals surface area contributed by atoms with Gasteiger partial charge in [-0.15, -0.1) is 0 Å². The lowest BCUT2D eigenvalue weighted by Crippen LogP contribution is -2.25. The number of rotatable bonds is 5. The van der Waals surface area contributed by atoms with Gasteiger partial charge in [0.25, 0.3) is 0 Å². The average Bonchev–Trinajstić information content (AvgIpc) is 2.46. The highest BCUT2D eigenvalue weighted by Crippen LogP contribution is 2.08. The van der Waals surface area contributed by atoms with E-state index in [1.54, 1.807) is 30.3 Å². The van der Waals surface area contributed by atoms with Gasteiger partial charge in [-0.05, 0) is 36.8 Å². The third-order valence-electron chi connectivity index (χ3n) is 2.86. The lowest BCUT2D eigenvalue weighted by molar-refractivity contribution is 0.579. The zero-order valence-electron chi connectivity index (χ0n) is 11.6. The number of pyridine rings is 1. The maximum absolute atomic E-state index is 12.0. The van der Waals surface area contributed by atoms with Crippen LogP contribution in [0, 0.1) is 18.3 Å². The van der Waals surface area contributed by atoms with E-state index in [-0.39, 0.29) is 12.3 Å². The molecule has 2 aromatic rings. The predicted molar refractivity (Wildman–Crippen MR) is 79.6 cm³/mol. The van der Waals surface area contributed by atoms with Crippen LogP contribution in [-0.4, -0.2) is 13.4 Å². The van der Waals surface area contributed by atoms with Crippen LogP contribution in [0.1, 0.15) is 22.5 Å². The second kappa shape index (κ2) is 6.48. The molecule has 0 spiro atoms. The van der Waals surface area contributed by atoms with Crippen LogP contribution in [0.4, 0.5) is 0 Å². The molecule has 0 aliphatic rings. The maximum Gasteiger partial charge on any atom is 0.216 e. The number of nitrogens with zero attached hydrogens (tertiary/aromatic N) is 2. The fourth-order valence-electron chi connectivity index (χ4n) is 1.83. The van der Waals surface area contributed by atoms with Crippen molar-refractivity contribution >= 4 is 10.0 Å². The molecule has 1 aromatic carbocycles. The highest BCUT2D eigenvalue weighted by Gasteiger charge is 2.11. The van der Waals surface area contributed by atoms with Crippen molar-refractivity contribution in [2.75, 3.05) is 0 Å². The largest absolute Gasteiger partial charge is 0.257 e. The van der Waals surface area contributed by atoms with Crippen LogP contribution >= 0.6 is 0 Å². The summed E-state index contributed by atoms with van der Waals surface area (Å²) in [7, 11) is -3.44. The topological polar surface area (TPSA) is 82.9 Å². The van der Waals surface area contributed by atoms with Crippen molar-refractivity contribution in [3.05, 3.63) is 65.0 Å². The van der Waals surface area contributed by atoms with E-state index in [4.69, 9.17) is 5.26 Å². The quantitative estimate of drug-likeness (QED) is 0.914. The minimum absolute atomic E-state index is 0.121. The highest BCUT2D eigenvalue weighted by atomic mass is 32.2. The Morgan fingerprint density at radius 3 is 2.52 bits per heavy atom. The third kappa shape index (κ3) is 4.67. The van der Waals surface area contributed by atoms with Gasteiger partial charge in [0.15, 0.2) is 0 Å². The fraction of sp³-hybridized carbons (Fsp3) is 0.200. The van der Waals surface area contributed by atoms with Crippen LogP contribution in [0.2, 0.25) is 0 Å². The number of benzene rings is 1. The Balaban J connectivity index is 2.00. The first-order valence-corrected chi connectivity index (χ1v) is 8.03. The fourth-order valence-corrected chi connectivity index (χ4v) is 2.93. The Hall–Kier alpha value is -2.23. The Kier molecular flexibility index (Phi) is 4.68. The molecule has 0 saturated carbocycles. The number of aromatic nitrogens is 1. The summed E-state index contributed by atoms with van der Waals surface area (Å²) in [4.78, 5) is 4.24. The molecule has 0 saturated heterocycles. The van der Waals surface area contributed by atoms with Crippen molar-refractivity contribution in [2.45, 2.75) is 19.2 Å². The second-order valence-electron chi connectivity index (χ2n) is 4.66. The van der Waals surface area contributed by atoms with Crippen molar-refractivity contribution in [3.8, 4) is 6.07 Å². The van der Waals surface area contributed by atoms with E-state index in [1.165, 1.54) is 0 Å². The molecular weight excluding hydrogens is 286 g/mol. The first kappa shape index (κ1) is 15.2. The first-order valence-electron chi connectivity index (χ1n) is 6.37. The molecule has 0 bridgehead atoms. The SMILES string of the molecule is Cc1cccc(CNS(=O)(=O)Cc2ccc(C#N)cc2)n1. The summed E-state index contributed by atoms with van der Waals surface area (Å²) in [5, 5.41) is 8.71. The normalized spacial score (nSPS) is 11.0. The number of nitrogens with one attached hydrogen (secondary N) is 1. The van der Waals surface area contributed by atoms with Gasteiger partial charge in [0, 0.05) is 5.69 Å². The van der Waals surface area contributed by atoms with Crippen LogP contribution in [0.25, 0.3) is 0 Å². The molecule has 0 unspecified atom stereocenters. The van der Waals surface area contributed by atoms with Crippen molar-refractivity contribution in [2.24, 2.45) is 0 Å². The van der Waals surface area contributed by atoms with E-state index in [0.717, 1.165) is 5.69 Å². The number of nitriles is 1. The minimum atomic E-state index is -3.44. The molecule has 5 nitrogen and oxygen atoms in total. The highest BCUT2D eigenvalue weighted by molar-refractivity contribution is 7.88. The number of hydrogen-bond acceptors (Lipinski definition) is 4. The van der Waals surface area contributed by atoms with Crippen molar-refractivity contribution in [1.82, 2.24) is 9.71 Å². The summed E-state index contributed by atoms with van der Waals surface area (Å²) in [5.41, 5.74) is 2.67. The summed E-state index contributed by atoms with van der Waals surface area (Å²) in [6.45, 7) is 2.02. The molecule has 1 heterocycles. The molecule has 2 rings (SSSR count). The molecule has 1 N–H and O–H groups in total.